The molecule has 0 spiro atoms. The van der Waals surface area contributed by atoms with Crippen molar-refractivity contribution in [3.8, 4) is 11.1 Å². The molecule has 5 rings (SSSR count). The van der Waals surface area contributed by atoms with Gasteiger partial charge in [-0.25, -0.2) is 0 Å². The van der Waals surface area contributed by atoms with Gasteiger partial charge in [0.25, 0.3) is 0 Å². The maximum atomic E-state index is 3.33. The van der Waals surface area contributed by atoms with E-state index < -0.39 is 0 Å². The van der Waals surface area contributed by atoms with Gasteiger partial charge in [-0.1, -0.05) is 60.7 Å². The normalized spacial score (nSPS) is 12.6. The largest absolute Gasteiger partial charge is 0.0616 e. The first-order valence-corrected chi connectivity index (χ1v) is 7.27. The van der Waals surface area contributed by atoms with Gasteiger partial charge < -0.3 is 0 Å². The Balaban J connectivity index is 2.00. The summed E-state index contributed by atoms with van der Waals surface area (Å²) in [7, 11) is 0. The molecule has 0 N–H and O–H groups in total. The molecule has 1 aliphatic rings. The Morgan fingerprint density at radius 3 is 2.48 bits per heavy atom. The maximum absolute atomic E-state index is 3.33. The van der Waals surface area contributed by atoms with Crippen LogP contribution in [0.1, 0.15) is 11.1 Å². The zero-order valence-corrected chi connectivity index (χ0v) is 11.5. The van der Waals surface area contributed by atoms with Crippen LogP contribution in [-0.4, -0.2) is 0 Å². The van der Waals surface area contributed by atoms with Crippen molar-refractivity contribution in [1.29, 1.82) is 0 Å². The van der Waals surface area contributed by atoms with Crippen molar-refractivity contribution in [3.63, 3.8) is 0 Å². The summed E-state index contributed by atoms with van der Waals surface area (Å²) >= 11 is 0. The lowest BCUT2D eigenvalue weighted by atomic mass is 9.94. The zero-order valence-electron chi connectivity index (χ0n) is 11.5. The van der Waals surface area contributed by atoms with Crippen molar-refractivity contribution in [2.24, 2.45) is 0 Å². The Bertz CT molecular complexity index is 926. The molecule has 96 valence electrons. The van der Waals surface area contributed by atoms with Crippen LogP contribution >= 0.6 is 0 Å². The molecule has 1 aliphatic carbocycles. The lowest BCUT2D eigenvalue weighted by Crippen LogP contribution is -1.84. The van der Waals surface area contributed by atoms with Crippen LogP contribution in [-0.2, 0) is 6.42 Å². The third-order valence-corrected chi connectivity index (χ3v) is 4.51. The van der Waals surface area contributed by atoms with E-state index in [1.54, 1.807) is 0 Å². The van der Waals surface area contributed by atoms with Crippen molar-refractivity contribution in [2.75, 3.05) is 0 Å². The molecule has 0 saturated carbocycles. The Kier molecular flexibility index (Phi) is 2.09. The van der Waals surface area contributed by atoms with Crippen LogP contribution in [0.5, 0.6) is 0 Å². The van der Waals surface area contributed by atoms with Gasteiger partial charge in [0.05, 0.1) is 0 Å². The van der Waals surface area contributed by atoms with Crippen LogP contribution in [0, 0.1) is 12.1 Å². The van der Waals surface area contributed by atoms with E-state index in [4.69, 9.17) is 0 Å². The summed E-state index contributed by atoms with van der Waals surface area (Å²) in [5.74, 6) is 0. The molecule has 0 saturated heterocycles. The van der Waals surface area contributed by atoms with Crippen LogP contribution in [0.3, 0.4) is 0 Å². The molecule has 0 aliphatic heterocycles. The Labute approximate surface area is 123 Å². The topological polar surface area (TPSA) is 0 Å². The fourth-order valence-electron chi connectivity index (χ4n) is 3.58. The minimum absolute atomic E-state index is 1.02. The van der Waals surface area contributed by atoms with Gasteiger partial charge in [0, 0.05) is 0 Å². The first-order chi connectivity index (χ1) is 10.4. The average molecular weight is 264 g/mol. The van der Waals surface area contributed by atoms with Gasteiger partial charge >= 0.3 is 0 Å². The van der Waals surface area contributed by atoms with Crippen molar-refractivity contribution in [2.45, 2.75) is 6.42 Å². The van der Waals surface area contributed by atoms with E-state index >= 15 is 0 Å². The third kappa shape index (κ3) is 1.45. The molecule has 0 amide bonds. The van der Waals surface area contributed by atoms with Crippen LogP contribution < -0.4 is 0 Å². The standard InChI is InChI=1S/C21H12/c1-3-7-18-14(5-1)9-11-16-13-17-12-10-15-6-2-4-8-19(15)21(17)20(16)18/h1-3,5-7,9-12H,13H2. The highest BCUT2D eigenvalue weighted by Crippen LogP contribution is 2.44. The molecule has 0 fully saturated rings. The minimum Gasteiger partial charge on any atom is -0.0616 e. The fraction of sp³-hybridized carbons (Fsp3) is 0.0476. The number of hydrogen-bond acceptors (Lipinski definition) is 0. The predicted octanol–water partition coefficient (Wildman–Crippen LogP) is 5.16. The zero-order chi connectivity index (χ0) is 13.8. The number of rotatable bonds is 0. The van der Waals surface area contributed by atoms with E-state index in [-0.39, 0.29) is 0 Å². The smallest absolute Gasteiger partial charge is 0.000752 e. The molecular weight excluding hydrogens is 252 g/mol. The molecule has 4 aromatic carbocycles. The maximum Gasteiger partial charge on any atom is -0.000752 e. The van der Waals surface area contributed by atoms with Gasteiger partial charge in [-0.05, 0) is 62.4 Å². The molecule has 0 aromatic heterocycles. The summed E-state index contributed by atoms with van der Waals surface area (Å²) in [6, 6.07) is 28.1. The Morgan fingerprint density at radius 2 is 1.52 bits per heavy atom. The van der Waals surface area contributed by atoms with E-state index in [9.17, 15) is 0 Å². The van der Waals surface area contributed by atoms with Crippen molar-refractivity contribution < 1.29 is 0 Å². The van der Waals surface area contributed by atoms with E-state index in [1.807, 2.05) is 6.07 Å². The second kappa shape index (κ2) is 3.95. The highest BCUT2D eigenvalue weighted by Gasteiger charge is 2.22. The van der Waals surface area contributed by atoms with E-state index in [2.05, 4.69) is 66.7 Å². The van der Waals surface area contributed by atoms with Gasteiger partial charge in [0.15, 0.2) is 0 Å². The fourth-order valence-corrected chi connectivity index (χ4v) is 3.58. The van der Waals surface area contributed by atoms with Gasteiger partial charge in [0.2, 0.25) is 0 Å². The van der Waals surface area contributed by atoms with E-state index in [1.165, 1.54) is 43.8 Å². The molecule has 0 heteroatoms. The Morgan fingerprint density at radius 1 is 0.714 bits per heavy atom. The van der Waals surface area contributed by atoms with Crippen LogP contribution in [0.25, 0.3) is 32.7 Å². The third-order valence-electron chi connectivity index (χ3n) is 4.51. The molecule has 0 bridgehead atoms. The van der Waals surface area contributed by atoms with E-state index in [0.29, 0.717) is 0 Å². The average Bonchev–Trinajstić information content (AvgIpc) is 2.94. The minimum atomic E-state index is 1.02. The lowest BCUT2D eigenvalue weighted by Gasteiger charge is -2.09. The van der Waals surface area contributed by atoms with Crippen molar-refractivity contribution in [3.05, 3.63) is 83.9 Å². The second-order valence-electron chi connectivity index (χ2n) is 5.66. The highest BCUT2D eigenvalue weighted by atomic mass is 14.3. The van der Waals surface area contributed by atoms with Crippen LogP contribution in [0.4, 0.5) is 0 Å². The van der Waals surface area contributed by atoms with Crippen molar-refractivity contribution >= 4 is 21.5 Å². The van der Waals surface area contributed by atoms with Crippen LogP contribution in [0.15, 0.2) is 60.7 Å². The first-order valence-electron chi connectivity index (χ1n) is 7.27. The summed E-state index contributed by atoms with van der Waals surface area (Å²) in [5, 5.41) is 5.10. The number of fused-ring (bicyclic) bond motifs is 7. The number of hydrogen-bond donors (Lipinski definition) is 0. The second-order valence-corrected chi connectivity index (χ2v) is 5.66. The summed E-state index contributed by atoms with van der Waals surface area (Å²) in [6.07, 6.45) is 1.02. The molecule has 21 heavy (non-hydrogen) atoms. The van der Waals surface area contributed by atoms with Crippen LogP contribution in [0.2, 0.25) is 0 Å². The van der Waals surface area contributed by atoms with Gasteiger partial charge in [-0.2, -0.15) is 0 Å². The summed E-state index contributed by atoms with van der Waals surface area (Å²) in [4.78, 5) is 0. The first kappa shape index (κ1) is 11.1. The number of benzene rings is 4. The highest BCUT2D eigenvalue weighted by molar-refractivity contribution is 6.09. The summed E-state index contributed by atoms with van der Waals surface area (Å²) in [6.45, 7) is 0. The van der Waals surface area contributed by atoms with Gasteiger partial charge in [-0.15, -0.1) is 0 Å². The molecule has 0 nitrogen and oxygen atoms in total. The monoisotopic (exact) mass is 264 g/mol. The SMILES string of the molecule is [c]1[c]c2c3c(ccc2cc1)Cc1ccc2ccccc2c1-3. The Hall–Kier alpha value is -2.60. The molecule has 2 radical (unpaired) electrons. The summed E-state index contributed by atoms with van der Waals surface area (Å²) in [5.41, 5.74) is 5.58. The van der Waals surface area contributed by atoms with Gasteiger partial charge in [0.1, 0.15) is 0 Å². The van der Waals surface area contributed by atoms with Crippen molar-refractivity contribution in [1.82, 2.24) is 0 Å². The molecule has 0 heterocycles. The predicted molar refractivity (Wildman–Crippen MR) is 87.4 cm³/mol. The summed E-state index contributed by atoms with van der Waals surface area (Å²) < 4.78 is 0. The molecular formula is C21H12. The van der Waals surface area contributed by atoms with Gasteiger partial charge in [-0.3, -0.25) is 0 Å². The molecule has 0 unspecified atom stereocenters. The molecule has 4 aromatic rings. The molecule has 0 atom stereocenters. The quantitative estimate of drug-likeness (QED) is 0.362. The van der Waals surface area contributed by atoms with E-state index in [0.717, 1.165) is 6.42 Å². The lowest BCUT2D eigenvalue weighted by molar-refractivity contribution is 1.27.